The van der Waals surface area contributed by atoms with Gasteiger partial charge in [-0.15, -0.1) is 0 Å². The van der Waals surface area contributed by atoms with Crippen LogP contribution in [0.15, 0.2) is 79.0 Å². The van der Waals surface area contributed by atoms with Crippen LogP contribution < -0.4 is 10.2 Å². The SMILES string of the molecule is CN(C)CCNC(=O)c1cc(N(Cc2ccccc2)c2ccccc2)ccn1. The van der Waals surface area contributed by atoms with E-state index in [2.05, 4.69) is 39.5 Å². The molecule has 28 heavy (non-hydrogen) atoms. The standard InChI is InChI=1S/C23H26N4O/c1-26(2)16-15-25-23(28)22-17-21(13-14-24-22)27(20-11-7-4-8-12-20)18-19-9-5-3-6-10-19/h3-14,17H,15-16,18H2,1-2H3,(H,25,28). The highest BCUT2D eigenvalue weighted by Gasteiger charge is 2.14. The molecule has 1 heterocycles. The smallest absolute Gasteiger partial charge is 0.269 e. The average molecular weight is 374 g/mol. The highest BCUT2D eigenvalue weighted by molar-refractivity contribution is 5.93. The van der Waals surface area contributed by atoms with Gasteiger partial charge in [0.05, 0.1) is 0 Å². The Hall–Kier alpha value is -3.18. The second kappa shape index (κ2) is 9.67. The van der Waals surface area contributed by atoms with Gasteiger partial charge in [0, 0.05) is 37.2 Å². The van der Waals surface area contributed by atoms with Crippen LogP contribution in [0.2, 0.25) is 0 Å². The minimum absolute atomic E-state index is 0.156. The number of amides is 1. The van der Waals surface area contributed by atoms with E-state index in [0.717, 1.165) is 17.9 Å². The second-order valence-corrected chi connectivity index (χ2v) is 6.87. The number of carbonyl (C=O) groups excluding carboxylic acids is 1. The van der Waals surface area contributed by atoms with Crippen molar-refractivity contribution in [2.24, 2.45) is 0 Å². The predicted octanol–water partition coefficient (Wildman–Crippen LogP) is 3.71. The first-order chi connectivity index (χ1) is 13.6. The summed E-state index contributed by atoms with van der Waals surface area (Å²) in [5.41, 5.74) is 3.62. The van der Waals surface area contributed by atoms with Crippen molar-refractivity contribution in [3.63, 3.8) is 0 Å². The summed E-state index contributed by atoms with van der Waals surface area (Å²) in [5.74, 6) is -0.156. The molecule has 0 bridgehead atoms. The summed E-state index contributed by atoms with van der Waals surface area (Å²) >= 11 is 0. The largest absolute Gasteiger partial charge is 0.349 e. The zero-order valence-electron chi connectivity index (χ0n) is 16.4. The van der Waals surface area contributed by atoms with Gasteiger partial charge in [0.15, 0.2) is 0 Å². The molecular weight excluding hydrogens is 348 g/mol. The molecule has 0 saturated carbocycles. The van der Waals surface area contributed by atoms with Gasteiger partial charge in [-0.25, -0.2) is 0 Å². The molecule has 0 saturated heterocycles. The molecule has 1 N–H and O–H groups in total. The van der Waals surface area contributed by atoms with Gasteiger partial charge < -0.3 is 15.1 Å². The molecule has 144 valence electrons. The van der Waals surface area contributed by atoms with Gasteiger partial charge in [0.1, 0.15) is 5.69 Å². The maximum Gasteiger partial charge on any atom is 0.269 e. The summed E-state index contributed by atoms with van der Waals surface area (Å²) in [7, 11) is 3.96. The van der Waals surface area contributed by atoms with Crippen LogP contribution in [-0.2, 0) is 6.54 Å². The van der Waals surface area contributed by atoms with Crippen LogP contribution in [0.25, 0.3) is 0 Å². The van der Waals surface area contributed by atoms with Crippen molar-refractivity contribution in [2.45, 2.75) is 6.54 Å². The van der Waals surface area contributed by atoms with Gasteiger partial charge in [0.2, 0.25) is 0 Å². The number of likely N-dealkylation sites (N-methyl/N-ethyl adjacent to an activating group) is 1. The summed E-state index contributed by atoms with van der Waals surface area (Å²) in [4.78, 5) is 21.0. The number of hydrogen-bond acceptors (Lipinski definition) is 4. The zero-order chi connectivity index (χ0) is 19.8. The average Bonchev–Trinajstić information content (AvgIpc) is 2.73. The Balaban J connectivity index is 1.85. The molecule has 0 fully saturated rings. The van der Waals surface area contributed by atoms with E-state index in [1.54, 1.807) is 6.20 Å². The van der Waals surface area contributed by atoms with E-state index < -0.39 is 0 Å². The summed E-state index contributed by atoms with van der Waals surface area (Å²) in [6.45, 7) is 2.08. The van der Waals surface area contributed by atoms with Gasteiger partial charge in [-0.1, -0.05) is 48.5 Å². The number of aromatic nitrogens is 1. The minimum atomic E-state index is -0.156. The molecular formula is C23H26N4O. The molecule has 3 rings (SSSR count). The van der Waals surface area contributed by atoms with Crippen molar-refractivity contribution < 1.29 is 4.79 Å². The lowest BCUT2D eigenvalue weighted by atomic mass is 10.1. The van der Waals surface area contributed by atoms with E-state index in [1.165, 1.54) is 5.56 Å². The Morgan fingerprint density at radius 2 is 1.61 bits per heavy atom. The van der Waals surface area contributed by atoms with Crippen LogP contribution in [0.1, 0.15) is 16.1 Å². The maximum absolute atomic E-state index is 12.5. The molecule has 0 spiro atoms. The number of hydrogen-bond donors (Lipinski definition) is 1. The Morgan fingerprint density at radius 3 is 2.29 bits per heavy atom. The highest BCUT2D eigenvalue weighted by atomic mass is 16.1. The molecule has 5 heteroatoms. The van der Waals surface area contributed by atoms with Crippen LogP contribution in [-0.4, -0.2) is 43.0 Å². The number of anilines is 2. The molecule has 1 amide bonds. The van der Waals surface area contributed by atoms with Crippen LogP contribution in [0.4, 0.5) is 11.4 Å². The third kappa shape index (κ3) is 5.41. The summed E-state index contributed by atoms with van der Waals surface area (Å²) in [6, 6.07) is 24.3. The number of pyridine rings is 1. The van der Waals surface area contributed by atoms with Crippen molar-refractivity contribution in [1.29, 1.82) is 0 Å². The van der Waals surface area contributed by atoms with Crippen molar-refractivity contribution >= 4 is 17.3 Å². The molecule has 0 atom stereocenters. The summed E-state index contributed by atoms with van der Waals surface area (Å²) in [6.07, 6.45) is 1.69. The van der Waals surface area contributed by atoms with Crippen LogP contribution in [0, 0.1) is 0 Å². The fourth-order valence-corrected chi connectivity index (χ4v) is 2.90. The number of carbonyl (C=O) groups is 1. The molecule has 0 radical (unpaired) electrons. The summed E-state index contributed by atoms with van der Waals surface area (Å²) in [5, 5.41) is 2.92. The van der Waals surface area contributed by atoms with Crippen molar-refractivity contribution in [2.75, 3.05) is 32.1 Å². The Kier molecular flexibility index (Phi) is 6.76. The molecule has 0 aliphatic heterocycles. The van der Waals surface area contributed by atoms with Crippen LogP contribution >= 0.6 is 0 Å². The molecule has 5 nitrogen and oxygen atoms in total. The molecule has 3 aromatic rings. The van der Waals surface area contributed by atoms with E-state index in [1.807, 2.05) is 67.5 Å². The topological polar surface area (TPSA) is 48.5 Å². The van der Waals surface area contributed by atoms with Crippen molar-refractivity contribution in [3.05, 3.63) is 90.3 Å². The van der Waals surface area contributed by atoms with Gasteiger partial charge in [-0.3, -0.25) is 9.78 Å². The van der Waals surface area contributed by atoms with Gasteiger partial charge in [-0.05, 0) is 43.9 Å². The number of para-hydroxylation sites is 1. The monoisotopic (exact) mass is 374 g/mol. The first-order valence-electron chi connectivity index (χ1n) is 9.39. The molecule has 0 aliphatic carbocycles. The lowest BCUT2D eigenvalue weighted by Crippen LogP contribution is -2.32. The lowest BCUT2D eigenvalue weighted by Gasteiger charge is -2.25. The molecule has 2 aromatic carbocycles. The second-order valence-electron chi connectivity index (χ2n) is 6.87. The Bertz CT molecular complexity index is 881. The third-order valence-corrected chi connectivity index (χ3v) is 4.38. The zero-order valence-corrected chi connectivity index (χ0v) is 16.4. The fraction of sp³-hybridized carbons (Fsp3) is 0.217. The first-order valence-corrected chi connectivity index (χ1v) is 9.39. The van der Waals surface area contributed by atoms with E-state index in [9.17, 15) is 4.79 Å². The van der Waals surface area contributed by atoms with E-state index in [4.69, 9.17) is 0 Å². The Morgan fingerprint density at radius 1 is 0.929 bits per heavy atom. The summed E-state index contributed by atoms with van der Waals surface area (Å²) < 4.78 is 0. The number of nitrogens with one attached hydrogen (secondary N) is 1. The lowest BCUT2D eigenvalue weighted by molar-refractivity contribution is 0.0946. The molecule has 0 unspecified atom stereocenters. The Labute approximate surface area is 166 Å². The highest BCUT2D eigenvalue weighted by Crippen LogP contribution is 2.27. The maximum atomic E-state index is 12.5. The van der Waals surface area contributed by atoms with Gasteiger partial charge in [0.25, 0.3) is 5.91 Å². The van der Waals surface area contributed by atoms with E-state index >= 15 is 0 Å². The van der Waals surface area contributed by atoms with Gasteiger partial charge in [-0.2, -0.15) is 0 Å². The minimum Gasteiger partial charge on any atom is -0.349 e. The molecule has 0 aliphatic rings. The van der Waals surface area contributed by atoms with Crippen molar-refractivity contribution in [3.8, 4) is 0 Å². The number of benzene rings is 2. The van der Waals surface area contributed by atoms with Gasteiger partial charge >= 0.3 is 0 Å². The normalized spacial score (nSPS) is 10.7. The van der Waals surface area contributed by atoms with E-state index in [0.29, 0.717) is 18.8 Å². The molecule has 1 aromatic heterocycles. The third-order valence-electron chi connectivity index (χ3n) is 4.38. The number of nitrogens with zero attached hydrogens (tertiary/aromatic N) is 3. The fourth-order valence-electron chi connectivity index (χ4n) is 2.90. The first kappa shape index (κ1) is 19.6. The number of rotatable bonds is 8. The van der Waals surface area contributed by atoms with Crippen LogP contribution in [0.5, 0.6) is 0 Å². The predicted molar refractivity (Wildman–Crippen MR) is 114 cm³/mol. The quantitative estimate of drug-likeness (QED) is 0.653. The van der Waals surface area contributed by atoms with E-state index in [-0.39, 0.29) is 5.91 Å². The van der Waals surface area contributed by atoms with Crippen LogP contribution in [0.3, 0.4) is 0 Å². The van der Waals surface area contributed by atoms with Crippen molar-refractivity contribution in [1.82, 2.24) is 15.2 Å².